The van der Waals surface area contributed by atoms with Gasteiger partial charge in [-0.1, -0.05) is 42.5 Å². The van der Waals surface area contributed by atoms with Gasteiger partial charge < -0.3 is 25.3 Å². The number of carbonyl (C=O) groups is 2. The lowest BCUT2D eigenvalue weighted by Gasteiger charge is -2.12. The van der Waals surface area contributed by atoms with Gasteiger partial charge in [-0.2, -0.15) is 0 Å². The quantitative estimate of drug-likeness (QED) is 0.202. The lowest BCUT2D eigenvalue weighted by atomic mass is 10.1. The molecule has 0 saturated heterocycles. The standard InChI is InChI=1S/C27H23N5O5/c33-23(34)16-32-24-21-12-20(8-6-19(21)7-9-22(24)30-25(35)26(32)36)31-11-10-18(15-31)14-29-27(37)28-13-17-4-2-1-3-5-17/h1-12,15H,13-14,16H2,(H,30,35)(H,33,34)(H2,28,29,37). The van der Waals surface area contributed by atoms with E-state index >= 15 is 0 Å². The fourth-order valence-electron chi connectivity index (χ4n) is 4.26. The van der Waals surface area contributed by atoms with Gasteiger partial charge >= 0.3 is 23.1 Å². The van der Waals surface area contributed by atoms with Crippen LogP contribution in [0.2, 0.25) is 0 Å². The molecule has 186 valence electrons. The van der Waals surface area contributed by atoms with E-state index in [-0.39, 0.29) is 6.03 Å². The van der Waals surface area contributed by atoms with Crippen molar-refractivity contribution in [2.75, 3.05) is 0 Å². The number of carboxylic acid groups (broad SMARTS) is 1. The Bertz CT molecular complexity index is 1750. The predicted molar refractivity (Wildman–Crippen MR) is 139 cm³/mol. The maximum atomic E-state index is 12.5. The third kappa shape index (κ3) is 4.98. The van der Waals surface area contributed by atoms with E-state index in [1.54, 1.807) is 12.1 Å². The van der Waals surface area contributed by atoms with Crippen LogP contribution in [0.1, 0.15) is 11.1 Å². The number of carboxylic acids is 1. The minimum Gasteiger partial charge on any atom is -0.480 e. The summed E-state index contributed by atoms with van der Waals surface area (Å²) in [6, 6.07) is 20.3. The van der Waals surface area contributed by atoms with Crippen LogP contribution in [0.4, 0.5) is 4.79 Å². The minimum atomic E-state index is -1.22. The van der Waals surface area contributed by atoms with Gasteiger partial charge in [0.15, 0.2) is 0 Å². The molecule has 2 amide bonds. The summed E-state index contributed by atoms with van der Waals surface area (Å²) >= 11 is 0. The maximum absolute atomic E-state index is 12.5. The number of carbonyl (C=O) groups excluding carboxylic acids is 1. The van der Waals surface area contributed by atoms with Crippen LogP contribution in [0.3, 0.4) is 0 Å². The number of rotatable bonds is 7. The van der Waals surface area contributed by atoms with Crippen LogP contribution in [-0.2, 0) is 24.4 Å². The molecule has 5 rings (SSSR count). The smallest absolute Gasteiger partial charge is 0.323 e. The first-order chi connectivity index (χ1) is 17.9. The second-order valence-electron chi connectivity index (χ2n) is 8.56. The number of aromatic amines is 1. The van der Waals surface area contributed by atoms with Crippen LogP contribution in [-0.4, -0.2) is 31.2 Å². The van der Waals surface area contributed by atoms with Gasteiger partial charge in [-0.25, -0.2) is 4.79 Å². The molecule has 0 aliphatic carbocycles. The molecule has 0 aliphatic heterocycles. The molecule has 37 heavy (non-hydrogen) atoms. The fourth-order valence-corrected chi connectivity index (χ4v) is 4.26. The Morgan fingerprint density at radius 1 is 0.892 bits per heavy atom. The lowest BCUT2D eigenvalue weighted by Crippen LogP contribution is -2.37. The molecule has 3 aromatic carbocycles. The SMILES string of the molecule is O=C(O)Cn1c(=O)c(=O)[nH]c2ccc3ccc(-n4ccc(CNC(=O)NCc5ccccc5)c4)cc3c21. The number of nitrogens with one attached hydrogen (secondary N) is 3. The van der Waals surface area contributed by atoms with Gasteiger partial charge in [0.1, 0.15) is 6.54 Å². The Hall–Kier alpha value is -5.12. The van der Waals surface area contributed by atoms with Crippen LogP contribution >= 0.6 is 0 Å². The van der Waals surface area contributed by atoms with E-state index in [1.165, 1.54) is 0 Å². The van der Waals surface area contributed by atoms with Crippen molar-refractivity contribution in [3.8, 4) is 5.69 Å². The zero-order valence-electron chi connectivity index (χ0n) is 19.6. The summed E-state index contributed by atoms with van der Waals surface area (Å²) in [5.41, 5.74) is 1.56. The minimum absolute atomic E-state index is 0.279. The van der Waals surface area contributed by atoms with E-state index in [4.69, 9.17) is 0 Å². The Balaban J connectivity index is 1.40. The van der Waals surface area contributed by atoms with Crippen LogP contribution in [0.5, 0.6) is 0 Å². The third-order valence-corrected chi connectivity index (χ3v) is 6.03. The summed E-state index contributed by atoms with van der Waals surface area (Å²) in [6.07, 6.45) is 3.72. The summed E-state index contributed by atoms with van der Waals surface area (Å²) in [5, 5.41) is 16.4. The second-order valence-corrected chi connectivity index (χ2v) is 8.56. The second kappa shape index (κ2) is 9.86. The van der Waals surface area contributed by atoms with E-state index in [9.17, 15) is 24.3 Å². The van der Waals surface area contributed by atoms with Crippen molar-refractivity contribution in [3.63, 3.8) is 0 Å². The zero-order valence-corrected chi connectivity index (χ0v) is 19.6. The molecule has 0 saturated carbocycles. The first kappa shape index (κ1) is 23.6. The van der Waals surface area contributed by atoms with Crippen molar-refractivity contribution >= 4 is 33.8 Å². The summed E-state index contributed by atoms with van der Waals surface area (Å²) in [6.45, 7) is 0.120. The molecule has 5 aromatic rings. The molecule has 10 nitrogen and oxygen atoms in total. The number of benzene rings is 3. The molecular formula is C27H23N5O5. The number of fused-ring (bicyclic) bond motifs is 3. The number of aromatic nitrogens is 3. The van der Waals surface area contributed by atoms with Crippen molar-refractivity contribution in [3.05, 3.63) is 111 Å². The molecule has 0 atom stereocenters. The number of H-pyrrole nitrogens is 1. The molecule has 2 aromatic heterocycles. The molecule has 0 radical (unpaired) electrons. The lowest BCUT2D eigenvalue weighted by molar-refractivity contribution is -0.137. The first-order valence-electron chi connectivity index (χ1n) is 11.5. The van der Waals surface area contributed by atoms with Crippen molar-refractivity contribution in [2.24, 2.45) is 0 Å². The molecule has 4 N–H and O–H groups in total. The molecule has 2 heterocycles. The maximum Gasteiger partial charge on any atom is 0.323 e. The van der Waals surface area contributed by atoms with Gasteiger partial charge in [-0.15, -0.1) is 0 Å². The van der Waals surface area contributed by atoms with Crippen LogP contribution in [0, 0.1) is 0 Å². The average molecular weight is 498 g/mol. The Kier molecular flexibility index (Phi) is 6.29. The number of hydrogen-bond acceptors (Lipinski definition) is 4. The number of nitrogens with zero attached hydrogens (tertiary/aromatic N) is 2. The largest absolute Gasteiger partial charge is 0.480 e. The average Bonchev–Trinajstić information content (AvgIpc) is 3.38. The number of hydrogen-bond donors (Lipinski definition) is 4. The highest BCUT2D eigenvalue weighted by atomic mass is 16.4. The van der Waals surface area contributed by atoms with Crippen molar-refractivity contribution in [2.45, 2.75) is 19.6 Å². The molecule has 0 bridgehead atoms. The van der Waals surface area contributed by atoms with Crippen molar-refractivity contribution in [1.82, 2.24) is 24.8 Å². The highest BCUT2D eigenvalue weighted by Crippen LogP contribution is 2.26. The van der Waals surface area contributed by atoms with Crippen LogP contribution in [0.25, 0.3) is 27.5 Å². The summed E-state index contributed by atoms with van der Waals surface area (Å²) in [5.74, 6) is -1.22. The van der Waals surface area contributed by atoms with Gasteiger partial charge in [-0.05, 0) is 40.8 Å². The summed E-state index contributed by atoms with van der Waals surface area (Å²) < 4.78 is 2.85. The van der Waals surface area contributed by atoms with Crippen molar-refractivity contribution < 1.29 is 14.7 Å². The predicted octanol–water partition coefficient (Wildman–Crippen LogP) is 2.72. The summed E-state index contributed by atoms with van der Waals surface area (Å²) in [4.78, 5) is 50.7. The molecule has 10 heteroatoms. The van der Waals surface area contributed by atoms with E-state index < -0.39 is 23.6 Å². The Morgan fingerprint density at radius 3 is 2.38 bits per heavy atom. The molecule has 0 fully saturated rings. The van der Waals surface area contributed by atoms with E-state index in [0.29, 0.717) is 29.5 Å². The normalized spacial score (nSPS) is 11.0. The molecular weight excluding hydrogens is 474 g/mol. The summed E-state index contributed by atoms with van der Waals surface area (Å²) in [7, 11) is 0. The highest BCUT2D eigenvalue weighted by molar-refractivity contribution is 6.05. The monoisotopic (exact) mass is 497 g/mol. The third-order valence-electron chi connectivity index (χ3n) is 6.03. The van der Waals surface area contributed by atoms with E-state index in [2.05, 4.69) is 15.6 Å². The molecule has 0 aliphatic rings. The van der Waals surface area contributed by atoms with Gasteiger partial charge in [-0.3, -0.25) is 19.0 Å². The van der Waals surface area contributed by atoms with Crippen LogP contribution in [0.15, 0.2) is 88.7 Å². The topological polar surface area (TPSA) is 138 Å². The van der Waals surface area contributed by atoms with Gasteiger partial charge in [0.2, 0.25) is 0 Å². The first-order valence-corrected chi connectivity index (χ1v) is 11.5. The van der Waals surface area contributed by atoms with Crippen molar-refractivity contribution in [1.29, 1.82) is 0 Å². The zero-order chi connectivity index (χ0) is 25.9. The fraction of sp³-hybridized carbons (Fsp3) is 0.111. The Morgan fingerprint density at radius 2 is 1.62 bits per heavy atom. The highest BCUT2D eigenvalue weighted by Gasteiger charge is 2.14. The number of amides is 2. The van der Waals surface area contributed by atoms with Gasteiger partial charge in [0.25, 0.3) is 0 Å². The van der Waals surface area contributed by atoms with Gasteiger partial charge in [0, 0.05) is 36.6 Å². The van der Waals surface area contributed by atoms with E-state index in [1.807, 2.05) is 71.6 Å². The number of urea groups is 1. The molecule has 0 spiro atoms. The molecule has 0 unspecified atom stereocenters. The van der Waals surface area contributed by atoms with Gasteiger partial charge in [0.05, 0.1) is 11.0 Å². The van der Waals surface area contributed by atoms with E-state index in [0.717, 1.165) is 26.8 Å². The Labute approximate surface area is 209 Å². The number of aliphatic carboxylic acids is 1. The van der Waals surface area contributed by atoms with Crippen LogP contribution < -0.4 is 21.8 Å².